The quantitative estimate of drug-likeness (QED) is 0.176. The maximum absolute atomic E-state index is 10.2. The molecule has 0 aliphatic heterocycles. The van der Waals surface area contributed by atoms with E-state index in [0.29, 0.717) is 0 Å². The van der Waals surface area contributed by atoms with Gasteiger partial charge < -0.3 is 40.8 Å². The minimum atomic E-state index is -4.86. The van der Waals surface area contributed by atoms with Gasteiger partial charge in [0.25, 0.3) is 0 Å². The molecule has 0 amide bonds. The Morgan fingerprint density at radius 2 is 1.53 bits per heavy atom. The molecular formula is C6H15NaO11P. The van der Waals surface area contributed by atoms with Gasteiger partial charge >= 0.3 is 13.8 Å². The monoisotopic (exact) mass is 317 g/mol. The smallest absolute Gasteiger partial charge is 0.469 e. The fourth-order valence-corrected chi connectivity index (χ4v) is 1.18. The Morgan fingerprint density at radius 3 is 1.84 bits per heavy atom. The molecule has 0 bridgehead atoms. The Hall–Kier alpha value is 0.380. The van der Waals surface area contributed by atoms with Crippen molar-refractivity contribution in [1.82, 2.24) is 0 Å². The molecule has 4 atom stereocenters. The summed E-state index contributed by atoms with van der Waals surface area (Å²) in [5.41, 5.74) is 0. The zero-order chi connectivity index (χ0) is 13.8. The van der Waals surface area contributed by atoms with E-state index < -0.39 is 44.8 Å². The third kappa shape index (κ3) is 9.85. The van der Waals surface area contributed by atoms with Crippen LogP contribution >= 0.6 is 7.82 Å². The van der Waals surface area contributed by atoms with Crippen LogP contribution in [0.2, 0.25) is 0 Å². The number of carbonyl (C=O) groups is 1. The summed E-state index contributed by atoms with van der Waals surface area (Å²) in [6.07, 6.45) is -8.71. The van der Waals surface area contributed by atoms with Crippen molar-refractivity contribution in [1.29, 1.82) is 0 Å². The number of carboxylic acids is 1. The standard InChI is InChI=1S/C6H13O10P.Na.H2O/c7-2(1-16-17(13,14)15)3(8)4(9)5(10)6(11)12;;/h2-5,7-10H,1H2,(H,11,12)(H2,13,14,15);;1H2/t2-,3-,4+,5-;;/m1../s1. The molecule has 111 valence electrons. The molecule has 0 fully saturated rings. The van der Waals surface area contributed by atoms with Crippen LogP contribution in [0.4, 0.5) is 0 Å². The first-order chi connectivity index (χ1) is 7.56. The van der Waals surface area contributed by atoms with E-state index in [1.807, 2.05) is 0 Å². The van der Waals surface area contributed by atoms with Crippen molar-refractivity contribution >= 4 is 43.3 Å². The van der Waals surface area contributed by atoms with Gasteiger partial charge in [0.1, 0.15) is 18.3 Å². The topological polar surface area (TPSA) is 216 Å². The summed E-state index contributed by atoms with van der Waals surface area (Å²) in [5.74, 6) is -1.83. The van der Waals surface area contributed by atoms with Crippen LogP contribution < -0.4 is 0 Å². The van der Waals surface area contributed by atoms with E-state index in [9.17, 15) is 9.36 Å². The Balaban J connectivity index is -0.00000128. The molecule has 0 saturated heterocycles. The van der Waals surface area contributed by atoms with Crippen LogP contribution in [-0.4, -0.2) is 107 Å². The van der Waals surface area contributed by atoms with Crippen molar-refractivity contribution in [3.8, 4) is 0 Å². The number of aliphatic hydroxyl groups is 4. The second kappa shape index (κ2) is 10.2. The minimum Gasteiger partial charge on any atom is -0.479 e. The summed E-state index contributed by atoms with van der Waals surface area (Å²) in [6.45, 7) is -1.05. The molecule has 13 heteroatoms. The van der Waals surface area contributed by atoms with Crippen molar-refractivity contribution in [3.63, 3.8) is 0 Å². The third-order valence-corrected chi connectivity index (χ3v) is 2.22. The third-order valence-electron chi connectivity index (χ3n) is 1.73. The average Bonchev–Trinajstić information content (AvgIpc) is 2.21. The molecule has 0 spiro atoms. The SMILES string of the molecule is O.O=C(O)[C@H](O)[C@@H](O)[C@H](O)[C@H](O)COP(=O)(O)O.[Na]. The van der Waals surface area contributed by atoms with Crippen LogP contribution in [0.5, 0.6) is 0 Å². The van der Waals surface area contributed by atoms with Gasteiger partial charge in [-0.15, -0.1) is 0 Å². The van der Waals surface area contributed by atoms with Crippen LogP contribution in [0.1, 0.15) is 0 Å². The van der Waals surface area contributed by atoms with Crippen LogP contribution in [-0.2, 0) is 13.9 Å². The molecule has 0 aliphatic carbocycles. The molecule has 19 heavy (non-hydrogen) atoms. The number of rotatable bonds is 7. The summed E-state index contributed by atoms with van der Waals surface area (Å²) in [5, 5.41) is 44.4. The Bertz CT molecular complexity index is 306. The summed E-state index contributed by atoms with van der Waals surface area (Å²) < 4.78 is 14.1. The number of aliphatic carboxylic acids is 1. The number of phosphoric ester groups is 1. The van der Waals surface area contributed by atoms with E-state index in [-0.39, 0.29) is 35.0 Å². The second-order valence-corrected chi connectivity index (χ2v) is 4.36. The molecule has 0 aromatic heterocycles. The van der Waals surface area contributed by atoms with Gasteiger partial charge in [-0.25, -0.2) is 9.36 Å². The zero-order valence-electron chi connectivity index (χ0n) is 9.82. The van der Waals surface area contributed by atoms with E-state index in [4.69, 9.17) is 35.3 Å². The number of phosphoric acid groups is 1. The largest absolute Gasteiger partial charge is 0.479 e. The van der Waals surface area contributed by atoms with Gasteiger partial charge in [0.15, 0.2) is 6.10 Å². The molecule has 9 N–H and O–H groups in total. The molecule has 0 aromatic rings. The Labute approximate surface area is 129 Å². The summed E-state index contributed by atoms with van der Waals surface area (Å²) in [6, 6.07) is 0. The zero-order valence-corrected chi connectivity index (χ0v) is 12.7. The molecule has 0 aromatic carbocycles. The van der Waals surface area contributed by atoms with Crippen molar-refractivity contribution in [3.05, 3.63) is 0 Å². The number of hydrogen-bond acceptors (Lipinski definition) is 7. The number of hydrogen-bond donors (Lipinski definition) is 7. The van der Waals surface area contributed by atoms with Crippen molar-refractivity contribution in [2.75, 3.05) is 6.61 Å². The van der Waals surface area contributed by atoms with E-state index in [0.717, 1.165) is 0 Å². The molecule has 0 unspecified atom stereocenters. The average molecular weight is 317 g/mol. The van der Waals surface area contributed by atoms with Crippen molar-refractivity contribution in [2.45, 2.75) is 24.4 Å². The Kier molecular flexibility index (Phi) is 13.0. The number of aliphatic hydroxyl groups excluding tert-OH is 4. The normalized spacial score (nSPS) is 17.4. The van der Waals surface area contributed by atoms with E-state index in [1.165, 1.54) is 0 Å². The molecule has 0 aliphatic rings. The molecule has 11 nitrogen and oxygen atoms in total. The van der Waals surface area contributed by atoms with Crippen molar-refractivity contribution in [2.24, 2.45) is 0 Å². The molecule has 0 saturated carbocycles. The van der Waals surface area contributed by atoms with Gasteiger partial charge in [0.05, 0.1) is 6.61 Å². The van der Waals surface area contributed by atoms with Crippen LogP contribution in [0, 0.1) is 0 Å². The Morgan fingerprint density at radius 1 is 1.11 bits per heavy atom. The van der Waals surface area contributed by atoms with E-state index in [1.54, 1.807) is 0 Å². The second-order valence-electron chi connectivity index (χ2n) is 3.12. The predicted octanol–water partition coefficient (Wildman–Crippen LogP) is -4.58. The maximum atomic E-state index is 10.2. The van der Waals surface area contributed by atoms with Crippen molar-refractivity contribution < 1.29 is 54.7 Å². The molecule has 0 heterocycles. The first-order valence-corrected chi connectivity index (χ1v) is 5.74. The fraction of sp³-hybridized carbons (Fsp3) is 0.833. The first kappa shape index (κ1) is 24.4. The van der Waals surface area contributed by atoms with Gasteiger partial charge in [0.2, 0.25) is 0 Å². The summed E-state index contributed by atoms with van der Waals surface area (Å²) in [7, 11) is -4.86. The summed E-state index contributed by atoms with van der Waals surface area (Å²) >= 11 is 0. The first-order valence-electron chi connectivity index (χ1n) is 4.21. The molecule has 0 rings (SSSR count). The maximum Gasteiger partial charge on any atom is 0.469 e. The van der Waals surface area contributed by atoms with Gasteiger partial charge in [-0.3, -0.25) is 4.52 Å². The van der Waals surface area contributed by atoms with Crippen LogP contribution in [0.3, 0.4) is 0 Å². The van der Waals surface area contributed by atoms with Gasteiger partial charge in [-0.2, -0.15) is 0 Å². The molecule has 1 radical (unpaired) electrons. The van der Waals surface area contributed by atoms with E-state index in [2.05, 4.69) is 4.52 Å². The predicted molar refractivity (Wildman–Crippen MR) is 59.0 cm³/mol. The minimum absolute atomic E-state index is 0. The molecular weight excluding hydrogens is 302 g/mol. The van der Waals surface area contributed by atoms with Crippen LogP contribution in [0.15, 0.2) is 0 Å². The van der Waals surface area contributed by atoms with Gasteiger partial charge in [-0.1, -0.05) is 0 Å². The van der Waals surface area contributed by atoms with Gasteiger partial charge in [-0.05, 0) is 0 Å². The van der Waals surface area contributed by atoms with Crippen LogP contribution in [0.25, 0.3) is 0 Å². The number of carboxylic acid groups (broad SMARTS) is 1. The van der Waals surface area contributed by atoms with E-state index >= 15 is 0 Å². The fourth-order valence-electron chi connectivity index (χ4n) is 0.833. The summed E-state index contributed by atoms with van der Waals surface area (Å²) in [4.78, 5) is 26.8. The van der Waals surface area contributed by atoms with Gasteiger partial charge in [0, 0.05) is 29.6 Å².